The molecule has 0 saturated carbocycles. The summed E-state index contributed by atoms with van der Waals surface area (Å²) in [5.41, 5.74) is 2.08. The van der Waals surface area contributed by atoms with Crippen molar-refractivity contribution in [1.82, 2.24) is 14.5 Å². The van der Waals surface area contributed by atoms with Gasteiger partial charge in [-0.3, -0.25) is 9.78 Å². The van der Waals surface area contributed by atoms with E-state index in [1.54, 1.807) is 27.7 Å². The van der Waals surface area contributed by atoms with E-state index in [9.17, 15) is 13.6 Å². The Morgan fingerprint density at radius 1 is 1.17 bits per heavy atom. The molecule has 3 heterocycles. The van der Waals surface area contributed by atoms with Gasteiger partial charge in [-0.25, -0.2) is 8.78 Å². The van der Waals surface area contributed by atoms with Crippen LogP contribution in [0.3, 0.4) is 0 Å². The molecule has 4 rings (SSSR count). The molecule has 4 nitrogen and oxygen atoms in total. The van der Waals surface area contributed by atoms with E-state index < -0.39 is 5.82 Å². The van der Waals surface area contributed by atoms with Crippen LogP contribution in [0.2, 0.25) is 0 Å². The standard InChI is InChI=1S/C18H15F2N3O/c19-14-4-1-3-12(7-14)13-8-16-18(21-9-13)15(20)10-23(16)11-17(24)22-5-2-6-22/h1,3-4,7-10H,2,5-6,11H2. The summed E-state index contributed by atoms with van der Waals surface area (Å²) in [5.74, 6) is -0.844. The first-order chi connectivity index (χ1) is 11.6. The van der Waals surface area contributed by atoms with E-state index in [1.807, 2.05) is 0 Å². The average molecular weight is 327 g/mol. The van der Waals surface area contributed by atoms with Crippen LogP contribution in [0.25, 0.3) is 22.2 Å². The minimum Gasteiger partial charge on any atom is -0.341 e. The molecule has 0 bridgehead atoms. The van der Waals surface area contributed by atoms with Crippen molar-refractivity contribution in [3.8, 4) is 11.1 Å². The van der Waals surface area contributed by atoms with Gasteiger partial charge in [-0.05, 0) is 30.2 Å². The summed E-state index contributed by atoms with van der Waals surface area (Å²) < 4.78 is 29.1. The minimum atomic E-state index is -0.466. The molecule has 24 heavy (non-hydrogen) atoms. The van der Waals surface area contributed by atoms with Crippen LogP contribution < -0.4 is 0 Å². The van der Waals surface area contributed by atoms with Crippen molar-refractivity contribution in [3.05, 3.63) is 54.4 Å². The zero-order valence-corrected chi connectivity index (χ0v) is 12.9. The van der Waals surface area contributed by atoms with Crippen LogP contribution in [0.5, 0.6) is 0 Å². The third kappa shape index (κ3) is 2.54. The number of rotatable bonds is 3. The number of likely N-dealkylation sites (tertiary alicyclic amines) is 1. The second kappa shape index (κ2) is 5.70. The first-order valence-electron chi connectivity index (χ1n) is 7.80. The molecule has 6 heteroatoms. The van der Waals surface area contributed by atoms with Gasteiger partial charge in [-0.2, -0.15) is 0 Å². The number of hydrogen-bond acceptors (Lipinski definition) is 2. The second-order valence-corrected chi connectivity index (χ2v) is 5.94. The highest BCUT2D eigenvalue weighted by Crippen LogP contribution is 2.26. The predicted molar refractivity (Wildman–Crippen MR) is 86.3 cm³/mol. The molecule has 0 spiro atoms. The second-order valence-electron chi connectivity index (χ2n) is 5.94. The largest absolute Gasteiger partial charge is 0.341 e. The molecule has 3 aromatic rings. The fourth-order valence-corrected chi connectivity index (χ4v) is 2.89. The lowest BCUT2D eigenvalue weighted by atomic mass is 10.1. The van der Waals surface area contributed by atoms with Gasteiger partial charge < -0.3 is 9.47 Å². The summed E-state index contributed by atoms with van der Waals surface area (Å²) >= 11 is 0. The fraction of sp³-hybridized carbons (Fsp3) is 0.222. The van der Waals surface area contributed by atoms with Crippen LogP contribution in [0, 0.1) is 11.6 Å². The van der Waals surface area contributed by atoms with Crippen molar-refractivity contribution in [2.24, 2.45) is 0 Å². The van der Waals surface area contributed by atoms with E-state index in [-0.39, 0.29) is 23.8 Å². The smallest absolute Gasteiger partial charge is 0.242 e. The third-order valence-electron chi connectivity index (χ3n) is 4.34. The molecule has 0 unspecified atom stereocenters. The van der Waals surface area contributed by atoms with Gasteiger partial charge in [0.1, 0.15) is 17.9 Å². The molecular formula is C18H15F2N3O. The van der Waals surface area contributed by atoms with Crippen molar-refractivity contribution < 1.29 is 13.6 Å². The normalized spacial score (nSPS) is 14.0. The van der Waals surface area contributed by atoms with Crippen molar-refractivity contribution in [3.63, 3.8) is 0 Å². The van der Waals surface area contributed by atoms with E-state index >= 15 is 0 Å². The molecule has 122 valence electrons. The zero-order chi connectivity index (χ0) is 16.7. The van der Waals surface area contributed by atoms with Crippen LogP contribution in [-0.4, -0.2) is 33.4 Å². The highest BCUT2D eigenvalue weighted by Gasteiger charge is 2.21. The number of benzene rings is 1. The SMILES string of the molecule is O=C(Cn1cc(F)c2ncc(-c3cccc(F)c3)cc21)N1CCC1. The summed E-state index contributed by atoms with van der Waals surface area (Å²) in [6.45, 7) is 1.59. The molecule has 0 radical (unpaired) electrons. The fourth-order valence-electron chi connectivity index (χ4n) is 2.89. The average Bonchev–Trinajstić information content (AvgIpc) is 2.81. The van der Waals surface area contributed by atoms with Gasteiger partial charge in [-0.1, -0.05) is 12.1 Å². The Kier molecular flexibility index (Phi) is 3.52. The van der Waals surface area contributed by atoms with Crippen LogP contribution in [0.1, 0.15) is 6.42 Å². The van der Waals surface area contributed by atoms with E-state index in [0.717, 1.165) is 19.5 Å². The number of amides is 1. The molecule has 1 saturated heterocycles. The maximum Gasteiger partial charge on any atom is 0.242 e. The van der Waals surface area contributed by atoms with Crippen LogP contribution >= 0.6 is 0 Å². The topological polar surface area (TPSA) is 38.1 Å². The number of halogens is 2. The Balaban J connectivity index is 1.74. The highest BCUT2D eigenvalue weighted by molar-refractivity contribution is 5.84. The first-order valence-corrected chi connectivity index (χ1v) is 7.80. The van der Waals surface area contributed by atoms with Crippen molar-refractivity contribution in [2.75, 3.05) is 13.1 Å². The Hall–Kier alpha value is -2.76. The van der Waals surface area contributed by atoms with Gasteiger partial charge in [0.2, 0.25) is 5.91 Å². The quantitative estimate of drug-likeness (QED) is 0.741. The van der Waals surface area contributed by atoms with Crippen LogP contribution in [-0.2, 0) is 11.3 Å². The summed E-state index contributed by atoms with van der Waals surface area (Å²) in [6.07, 6.45) is 3.82. The molecule has 1 aliphatic heterocycles. The van der Waals surface area contributed by atoms with Crippen molar-refractivity contribution >= 4 is 16.9 Å². The zero-order valence-electron chi connectivity index (χ0n) is 12.9. The van der Waals surface area contributed by atoms with Gasteiger partial charge in [0.05, 0.1) is 5.52 Å². The number of aromatic nitrogens is 2. The number of fused-ring (bicyclic) bond motifs is 1. The third-order valence-corrected chi connectivity index (χ3v) is 4.34. The van der Waals surface area contributed by atoms with Gasteiger partial charge in [0.25, 0.3) is 0 Å². The van der Waals surface area contributed by atoms with E-state index in [0.29, 0.717) is 16.6 Å². The lowest BCUT2D eigenvalue weighted by Crippen LogP contribution is -2.43. The van der Waals surface area contributed by atoms with Gasteiger partial charge >= 0.3 is 0 Å². The first kappa shape index (κ1) is 14.8. The van der Waals surface area contributed by atoms with Crippen molar-refractivity contribution in [1.29, 1.82) is 0 Å². The van der Waals surface area contributed by atoms with Crippen LogP contribution in [0.15, 0.2) is 42.7 Å². The van der Waals surface area contributed by atoms with Gasteiger partial charge in [-0.15, -0.1) is 0 Å². The predicted octanol–water partition coefficient (Wildman–Crippen LogP) is 3.21. The van der Waals surface area contributed by atoms with Gasteiger partial charge in [0, 0.05) is 31.0 Å². The number of nitrogens with zero attached hydrogens (tertiary/aromatic N) is 3. The van der Waals surface area contributed by atoms with E-state index in [1.165, 1.54) is 24.5 Å². The summed E-state index contributed by atoms with van der Waals surface area (Å²) in [5, 5.41) is 0. The molecule has 0 atom stereocenters. The molecule has 1 amide bonds. The van der Waals surface area contributed by atoms with Crippen molar-refractivity contribution in [2.45, 2.75) is 13.0 Å². The molecular weight excluding hydrogens is 312 g/mol. The molecule has 1 aliphatic rings. The maximum atomic E-state index is 14.1. The number of pyridine rings is 1. The Morgan fingerprint density at radius 2 is 2.00 bits per heavy atom. The summed E-state index contributed by atoms with van der Waals surface area (Å²) in [4.78, 5) is 18.1. The Labute approximate surface area is 137 Å². The molecule has 2 aromatic heterocycles. The van der Waals surface area contributed by atoms with E-state index in [4.69, 9.17) is 0 Å². The van der Waals surface area contributed by atoms with Gasteiger partial charge in [0.15, 0.2) is 5.82 Å². The monoisotopic (exact) mass is 327 g/mol. The maximum absolute atomic E-state index is 14.1. The molecule has 1 fully saturated rings. The lowest BCUT2D eigenvalue weighted by molar-refractivity contribution is -0.135. The molecule has 0 aliphatic carbocycles. The molecule has 0 N–H and O–H groups in total. The Morgan fingerprint density at radius 3 is 2.71 bits per heavy atom. The lowest BCUT2D eigenvalue weighted by Gasteiger charge is -2.31. The summed E-state index contributed by atoms with van der Waals surface area (Å²) in [6, 6.07) is 7.88. The Bertz CT molecular complexity index is 931. The highest BCUT2D eigenvalue weighted by atomic mass is 19.1. The molecule has 1 aromatic carbocycles. The number of hydrogen-bond donors (Lipinski definition) is 0. The number of carbonyl (C=O) groups is 1. The summed E-state index contributed by atoms with van der Waals surface area (Å²) in [7, 11) is 0. The number of carbonyl (C=O) groups excluding carboxylic acids is 1. The van der Waals surface area contributed by atoms with Crippen LogP contribution in [0.4, 0.5) is 8.78 Å². The minimum absolute atomic E-state index is 0.0330. The van der Waals surface area contributed by atoms with E-state index in [2.05, 4.69) is 4.98 Å².